The lowest BCUT2D eigenvalue weighted by Gasteiger charge is -1.89. The first kappa shape index (κ1) is 8.41. The highest BCUT2D eigenvalue weighted by molar-refractivity contribution is 5.17. The molecule has 52 valence electrons. The molecule has 0 nitrogen and oxygen atoms in total. The Bertz CT molecular complexity index is 132. The molecule has 0 saturated heterocycles. The lowest BCUT2D eigenvalue weighted by atomic mass is 10.2. The van der Waals surface area contributed by atoms with E-state index in [-0.39, 0.29) is 5.83 Å². The minimum atomic E-state index is -0.0504. The van der Waals surface area contributed by atoms with Crippen LogP contribution >= 0.6 is 0 Å². The van der Waals surface area contributed by atoms with Crippen LogP contribution in [0.2, 0.25) is 0 Å². The van der Waals surface area contributed by atoms with Crippen molar-refractivity contribution >= 4 is 0 Å². The highest BCUT2D eigenvalue weighted by Gasteiger charge is 1.87. The van der Waals surface area contributed by atoms with Crippen molar-refractivity contribution in [3.05, 3.63) is 23.6 Å². The van der Waals surface area contributed by atoms with Crippen LogP contribution in [0.4, 0.5) is 4.39 Å². The summed E-state index contributed by atoms with van der Waals surface area (Å²) in [5, 5.41) is 0. The van der Waals surface area contributed by atoms with Crippen LogP contribution in [0, 0.1) is 0 Å². The van der Waals surface area contributed by atoms with Gasteiger partial charge in [-0.05, 0) is 26.3 Å². The third-order valence-corrected chi connectivity index (χ3v) is 1.18. The Labute approximate surface area is 56.1 Å². The molecule has 0 bridgehead atoms. The zero-order valence-electron chi connectivity index (χ0n) is 6.24. The van der Waals surface area contributed by atoms with Gasteiger partial charge in [0.05, 0.1) is 5.83 Å². The second kappa shape index (κ2) is 4.30. The monoisotopic (exact) mass is 128 g/mol. The first-order chi connectivity index (χ1) is 4.20. The molecule has 0 aromatic heterocycles. The Morgan fingerprint density at radius 2 is 2.11 bits per heavy atom. The minimum absolute atomic E-state index is 0.0504. The Morgan fingerprint density at radius 3 is 2.44 bits per heavy atom. The van der Waals surface area contributed by atoms with Gasteiger partial charge in [0.25, 0.3) is 0 Å². The van der Waals surface area contributed by atoms with Gasteiger partial charge < -0.3 is 0 Å². The second-order valence-corrected chi connectivity index (χ2v) is 1.98. The van der Waals surface area contributed by atoms with E-state index < -0.39 is 0 Å². The average molecular weight is 128 g/mol. The van der Waals surface area contributed by atoms with Gasteiger partial charge >= 0.3 is 0 Å². The summed E-state index contributed by atoms with van der Waals surface area (Å²) >= 11 is 0. The molecule has 0 aromatic carbocycles. The molecule has 0 aliphatic rings. The van der Waals surface area contributed by atoms with E-state index in [1.807, 2.05) is 19.9 Å². The minimum Gasteiger partial charge on any atom is -0.212 e. The molecule has 0 atom stereocenters. The molecule has 0 rings (SSSR count). The van der Waals surface area contributed by atoms with Crippen molar-refractivity contribution in [3.8, 4) is 0 Å². The summed E-state index contributed by atoms with van der Waals surface area (Å²) in [7, 11) is 0. The lowest BCUT2D eigenvalue weighted by molar-refractivity contribution is 0.603. The summed E-state index contributed by atoms with van der Waals surface area (Å²) in [6, 6.07) is 0. The highest BCUT2D eigenvalue weighted by atomic mass is 19.1. The molecule has 0 unspecified atom stereocenters. The topological polar surface area (TPSA) is 0 Å². The molecule has 0 spiro atoms. The molecule has 0 aliphatic heterocycles. The Balaban J connectivity index is 3.95. The fraction of sp³-hybridized carbons (Fsp3) is 0.500. The number of allylic oxidation sites excluding steroid dienone is 4. The van der Waals surface area contributed by atoms with Gasteiger partial charge in [-0.1, -0.05) is 18.6 Å². The Hall–Kier alpha value is -0.590. The Kier molecular flexibility index (Phi) is 4.02. The van der Waals surface area contributed by atoms with Crippen LogP contribution in [0.15, 0.2) is 23.6 Å². The van der Waals surface area contributed by atoms with E-state index in [0.717, 1.165) is 5.57 Å². The van der Waals surface area contributed by atoms with E-state index in [9.17, 15) is 4.39 Å². The molecule has 0 fully saturated rings. The summed E-state index contributed by atoms with van der Waals surface area (Å²) in [6.07, 6.45) is 3.93. The van der Waals surface area contributed by atoms with Crippen LogP contribution in [-0.2, 0) is 0 Å². The van der Waals surface area contributed by atoms with E-state index >= 15 is 0 Å². The predicted molar refractivity (Wildman–Crippen MR) is 38.9 cm³/mol. The smallest absolute Gasteiger partial charge is 0.0999 e. The molecular formula is C8H13F. The van der Waals surface area contributed by atoms with Gasteiger partial charge in [0.1, 0.15) is 0 Å². The third-order valence-electron chi connectivity index (χ3n) is 1.18. The van der Waals surface area contributed by atoms with E-state index in [0.29, 0.717) is 6.42 Å². The van der Waals surface area contributed by atoms with Gasteiger partial charge in [0.2, 0.25) is 0 Å². The average Bonchev–Trinajstić information content (AvgIpc) is 1.87. The first-order valence-corrected chi connectivity index (χ1v) is 3.19. The van der Waals surface area contributed by atoms with Crippen molar-refractivity contribution in [1.29, 1.82) is 0 Å². The molecule has 0 saturated carbocycles. The standard InChI is InChI=1S/C8H13F/c1-4-7(3)6-8(9)5-2/h4,6H,5H2,1-3H3. The molecule has 0 aliphatic carbocycles. The highest BCUT2D eigenvalue weighted by Crippen LogP contribution is 2.05. The Morgan fingerprint density at radius 1 is 1.56 bits per heavy atom. The van der Waals surface area contributed by atoms with Gasteiger partial charge in [0.15, 0.2) is 0 Å². The molecule has 9 heavy (non-hydrogen) atoms. The number of hydrogen-bond acceptors (Lipinski definition) is 0. The quantitative estimate of drug-likeness (QED) is 0.501. The molecular weight excluding hydrogens is 115 g/mol. The van der Waals surface area contributed by atoms with Crippen molar-refractivity contribution in [3.63, 3.8) is 0 Å². The SMILES string of the molecule is CC=C(C)C=C(F)CC. The number of rotatable bonds is 2. The van der Waals surface area contributed by atoms with Gasteiger partial charge in [-0.25, -0.2) is 4.39 Å². The van der Waals surface area contributed by atoms with E-state index in [1.54, 1.807) is 13.0 Å². The summed E-state index contributed by atoms with van der Waals surface area (Å²) < 4.78 is 12.4. The number of halogens is 1. The van der Waals surface area contributed by atoms with Crippen LogP contribution < -0.4 is 0 Å². The van der Waals surface area contributed by atoms with E-state index in [1.165, 1.54) is 0 Å². The van der Waals surface area contributed by atoms with Crippen molar-refractivity contribution < 1.29 is 4.39 Å². The molecule has 0 amide bonds. The first-order valence-electron chi connectivity index (χ1n) is 3.19. The molecule has 0 heterocycles. The van der Waals surface area contributed by atoms with Crippen LogP contribution in [0.25, 0.3) is 0 Å². The fourth-order valence-electron chi connectivity index (χ4n) is 0.432. The van der Waals surface area contributed by atoms with Gasteiger partial charge in [-0.2, -0.15) is 0 Å². The molecule has 1 heteroatoms. The van der Waals surface area contributed by atoms with Gasteiger partial charge in [-0.15, -0.1) is 0 Å². The fourth-order valence-corrected chi connectivity index (χ4v) is 0.432. The van der Waals surface area contributed by atoms with E-state index in [2.05, 4.69) is 0 Å². The van der Waals surface area contributed by atoms with Gasteiger partial charge in [0, 0.05) is 0 Å². The van der Waals surface area contributed by atoms with E-state index in [4.69, 9.17) is 0 Å². The summed E-state index contributed by atoms with van der Waals surface area (Å²) in [4.78, 5) is 0. The maximum atomic E-state index is 12.4. The third kappa shape index (κ3) is 3.95. The molecule has 0 N–H and O–H groups in total. The van der Waals surface area contributed by atoms with Crippen LogP contribution in [0.5, 0.6) is 0 Å². The maximum Gasteiger partial charge on any atom is 0.0999 e. The predicted octanol–water partition coefficient (Wildman–Crippen LogP) is 3.22. The zero-order chi connectivity index (χ0) is 7.28. The van der Waals surface area contributed by atoms with Crippen LogP contribution in [-0.4, -0.2) is 0 Å². The number of hydrogen-bond donors (Lipinski definition) is 0. The lowest BCUT2D eigenvalue weighted by Crippen LogP contribution is -1.70. The summed E-state index contributed by atoms with van der Waals surface area (Å²) in [5.41, 5.74) is 0.981. The zero-order valence-corrected chi connectivity index (χ0v) is 6.24. The van der Waals surface area contributed by atoms with Gasteiger partial charge in [-0.3, -0.25) is 0 Å². The van der Waals surface area contributed by atoms with Crippen LogP contribution in [0.3, 0.4) is 0 Å². The normalized spacial score (nSPS) is 14.2. The molecule has 0 radical (unpaired) electrons. The summed E-state index contributed by atoms with van der Waals surface area (Å²) in [6.45, 7) is 5.58. The molecule has 0 aromatic rings. The van der Waals surface area contributed by atoms with Crippen LogP contribution in [0.1, 0.15) is 27.2 Å². The largest absolute Gasteiger partial charge is 0.212 e. The van der Waals surface area contributed by atoms with Crippen molar-refractivity contribution in [1.82, 2.24) is 0 Å². The second-order valence-electron chi connectivity index (χ2n) is 1.98. The maximum absolute atomic E-state index is 12.4. The van der Waals surface area contributed by atoms with Crippen molar-refractivity contribution in [2.75, 3.05) is 0 Å². The summed E-state index contributed by atoms with van der Waals surface area (Å²) in [5.74, 6) is -0.0504. The van der Waals surface area contributed by atoms with Crippen molar-refractivity contribution in [2.24, 2.45) is 0 Å². The van der Waals surface area contributed by atoms with Crippen molar-refractivity contribution in [2.45, 2.75) is 27.2 Å².